The number of carbonyl (C=O) groups is 1. The molecule has 0 saturated carbocycles. The first-order valence-corrected chi connectivity index (χ1v) is 8.50. The van der Waals surface area contributed by atoms with Gasteiger partial charge in [-0.15, -0.1) is 6.58 Å². The number of aliphatic carboxylic acids is 1. The van der Waals surface area contributed by atoms with Gasteiger partial charge < -0.3 is 20.4 Å². The number of unbranched alkanes of at least 4 members (excludes halogenated alkanes) is 6. The Labute approximate surface area is 140 Å². The van der Waals surface area contributed by atoms with Crippen LogP contribution in [-0.4, -0.2) is 70.8 Å². The number of hydrogen-bond acceptors (Lipinski definition) is 5. The molecule has 6 nitrogen and oxygen atoms in total. The molecule has 138 valence electrons. The summed E-state index contributed by atoms with van der Waals surface area (Å²) in [6.45, 7) is 5.42. The fourth-order valence-corrected chi connectivity index (χ4v) is 2.03. The molecule has 0 aromatic heterocycles. The molecule has 0 rings (SSSR count). The lowest BCUT2D eigenvalue weighted by Crippen LogP contribution is -2.32. The molecule has 0 aromatic rings. The fourth-order valence-electron chi connectivity index (χ4n) is 2.03. The van der Waals surface area contributed by atoms with E-state index in [1.54, 1.807) is 4.90 Å². The van der Waals surface area contributed by atoms with E-state index >= 15 is 0 Å². The van der Waals surface area contributed by atoms with Gasteiger partial charge in [0.15, 0.2) is 0 Å². The van der Waals surface area contributed by atoms with E-state index in [2.05, 4.69) is 6.58 Å². The van der Waals surface area contributed by atoms with Crippen LogP contribution in [0.15, 0.2) is 12.7 Å². The predicted octanol–water partition coefficient (Wildman–Crippen LogP) is 1.64. The van der Waals surface area contributed by atoms with Gasteiger partial charge in [-0.05, 0) is 19.3 Å². The second-order valence-electron chi connectivity index (χ2n) is 5.35. The number of nitrogens with zero attached hydrogens (tertiary/aromatic N) is 1. The summed E-state index contributed by atoms with van der Waals surface area (Å²) < 4.78 is 0. The first-order chi connectivity index (χ1) is 11.1. The van der Waals surface area contributed by atoms with Gasteiger partial charge in [0.2, 0.25) is 0 Å². The lowest BCUT2D eigenvalue weighted by Gasteiger charge is -2.17. The molecule has 0 aromatic carbocycles. The van der Waals surface area contributed by atoms with Crippen LogP contribution >= 0.6 is 0 Å². The van der Waals surface area contributed by atoms with Crippen molar-refractivity contribution in [2.24, 2.45) is 0 Å². The minimum atomic E-state index is -0.674. The Morgan fingerprint density at radius 3 is 1.65 bits per heavy atom. The van der Waals surface area contributed by atoms with Gasteiger partial charge in [0, 0.05) is 26.1 Å². The molecule has 0 radical (unpaired) electrons. The first-order valence-electron chi connectivity index (χ1n) is 8.50. The van der Waals surface area contributed by atoms with Gasteiger partial charge in [-0.3, -0.25) is 9.69 Å². The number of carboxylic acids is 1. The van der Waals surface area contributed by atoms with Gasteiger partial charge in [0.1, 0.15) is 0 Å². The van der Waals surface area contributed by atoms with Crippen molar-refractivity contribution in [2.45, 2.75) is 51.4 Å². The molecular formula is C17H35NO5. The number of carboxylic acid groups (broad SMARTS) is 1. The van der Waals surface area contributed by atoms with Gasteiger partial charge in [0.05, 0.1) is 19.8 Å². The molecule has 0 bridgehead atoms. The van der Waals surface area contributed by atoms with E-state index in [1.807, 2.05) is 6.08 Å². The monoisotopic (exact) mass is 333 g/mol. The van der Waals surface area contributed by atoms with Crippen molar-refractivity contribution in [3.8, 4) is 0 Å². The van der Waals surface area contributed by atoms with Crippen LogP contribution in [0.4, 0.5) is 0 Å². The van der Waals surface area contributed by atoms with Crippen LogP contribution in [-0.2, 0) is 4.79 Å². The summed E-state index contributed by atoms with van der Waals surface area (Å²) in [5, 5.41) is 33.8. The minimum Gasteiger partial charge on any atom is -0.481 e. The molecule has 0 heterocycles. The van der Waals surface area contributed by atoms with Crippen molar-refractivity contribution < 1.29 is 25.2 Å². The van der Waals surface area contributed by atoms with Gasteiger partial charge >= 0.3 is 5.97 Å². The van der Waals surface area contributed by atoms with Gasteiger partial charge in [0.25, 0.3) is 0 Å². The highest BCUT2D eigenvalue weighted by molar-refractivity contribution is 5.66. The molecule has 6 heteroatoms. The van der Waals surface area contributed by atoms with E-state index in [-0.39, 0.29) is 19.8 Å². The standard InChI is InChI=1S/C11H20O2.C6H15NO3/c1-2-3-4-5-6-7-8-9-10-11(12)13;8-4-1-7(2-5-9)3-6-10/h2H,1,3-10H2,(H,12,13);8-10H,1-6H2. The van der Waals surface area contributed by atoms with E-state index in [0.717, 1.165) is 19.3 Å². The van der Waals surface area contributed by atoms with Crippen molar-refractivity contribution in [3.05, 3.63) is 12.7 Å². The maximum Gasteiger partial charge on any atom is 0.303 e. The minimum absolute atomic E-state index is 0.0694. The normalized spacial score (nSPS) is 10.3. The number of aliphatic hydroxyl groups excluding tert-OH is 3. The maximum absolute atomic E-state index is 10.2. The van der Waals surface area contributed by atoms with Crippen molar-refractivity contribution >= 4 is 5.97 Å². The van der Waals surface area contributed by atoms with Crippen LogP contribution < -0.4 is 0 Å². The average Bonchev–Trinajstić information content (AvgIpc) is 2.51. The zero-order valence-electron chi connectivity index (χ0n) is 14.3. The SMILES string of the molecule is C=CCCCCCCCCC(=O)O.OCCN(CCO)CCO. The molecule has 0 aliphatic heterocycles. The molecule has 0 aliphatic rings. The summed E-state index contributed by atoms with van der Waals surface area (Å²) in [6.07, 6.45) is 10.1. The molecular weight excluding hydrogens is 298 g/mol. The fraction of sp³-hybridized carbons (Fsp3) is 0.824. The molecule has 23 heavy (non-hydrogen) atoms. The Morgan fingerprint density at radius 2 is 1.26 bits per heavy atom. The Bertz CT molecular complexity index is 247. The van der Waals surface area contributed by atoms with Crippen LogP contribution in [0.3, 0.4) is 0 Å². The first kappa shape index (κ1) is 24.3. The quantitative estimate of drug-likeness (QED) is 0.268. The molecule has 0 atom stereocenters. The van der Waals surface area contributed by atoms with E-state index in [1.165, 1.54) is 25.7 Å². The molecule has 0 amide bonds. The third-order valence-corrected chi connectivity index (χ3v) is 3.30. The van der Waals surface area contributed by atoms with E-state index in [0.29, 0.717) is 26.1 Å². The number of rotatable bonds is 15. The van der Waals surface area contributed by atoms with Gasteiger partial charge in [-0.25, -0.2) is 0 Å². The van der Waals surface area contributed by atoms with Crippen molar-refractivity contribution in [1.29, 1.82) is 0 Å². The number of aliphatic hydroxyl groups is 3. The highest BCUT2D eigenvalue weighted by Crippen LogP contribution is 2.08. The van der Waals surface area contributed by atoms with E-state index in [9.17, 15) is 4.79 Å². The third kappa shape index (κ3) is 23.4. The third-order valence-electron chi connectivity index (χ3n) is 3.30. The van der Waals surface area contributed by atoms with Gasteiger partial charge in [-0.2, -0.15) is 0 Å². The van der Waals surface area contributed by atoms with Crippen LogP contribution in [0.5, 0.6) is 0 Å². The molecule has 4 N–H and O–H groups in total. The molecule has 0 unspecified atom stereocenters. The van der Waals surface area contributed by atoms with Crippen molar-refractivity contribution in [2.75, 3.05) is 39.5 Å². The van der Waals surface area contributed by atoms with Crippen LogP contribution in [0.25, 0.3) is 0 Å². The molecule has 0 saturated heterocycles. The van der Waals surface area contributed by atoms with E-state index < -0.39 is 5.97 Å². The molecule has 0 aliphatic carbocycles. The Balaban J connectivity index is 0. The van der Waals surface area contributed by atoms with Crippen LogP contribution in [0.1, 0.15) is 51.4 Å². The van der Waals surface area contributed by atoms with Gasteiger partial charge in [-0.1, -0.05) is 31.8 Å². The summed E-state index contributed by atoms with van der Waals surface area (Å²) in [5.74, 6) is -0.674. The topological polar surface area (TPSA) is 101 Å². The van der Waals surface area contributed by atoms with Crippen LogP contribution in [0, 0.1) is 0 Å². The predicted molar refractivity (Wildman–Crippen MR) is 92.5 cm³/mol. The highest BCUT2D eigenvalue weighted by Gasteiger charge is 2.00. The summed E-state index contributed by atoms with van der Waals surface area (Å²) in [4.78, 5) is 12.0. The van der Waals surface area contributed by atoms with Crippen LogP contribution in [0.2, 0.25) is 0 Å². The Morgan fingerprint density at radius 1 is 0.826 bits per heavy atom. The van der Waals surface area contributed by atoms with E-state index in [4.69, 9.17) is 20.4 Å². The lowest BCUT2D eigenvalue weighted by molar-refractivity contribution is -0.137. The average molecular weight is 333 g/mol. The number of hydrogen-bond donors (Lipinski definition) is 4. The summed E-state index contributed by atoms with van der Waals surface area (Å²) in [7, 11) is 0. The highest BCUT2D eigenvalue weighted by atomic mass is 16.4. The molecule has 0 fully saturated rings. The maximum atomic E-state index is 10.2. The van der Waals surface area contributed by atoms with Crippen molar-refractivity contribution in [1.82, 2.24) is 4.90 Å². The second kappa shape index (κ2) is 21.0. The van der Waals surface area contributed by atoms with Crippen molar-refractivity contribution in [3.63, 3.8) is 0 Å². The zero-order chi connectivity index (χ0) is 17.8. The summed E-state index contributed by atoms with van der Waals surface area (Å²) >= 11 is 0. The Kier molecular flexibility index (Phi) is 22.2. The summed E-state index contributed by atoms with van der Waals surface area (Å²) in [5.41, 5.74) is 0. The Hall–Kier alpha value is -0.950. The smallest absolute Gasteiger partial charge is 0.303 e. The molecule has 0 spiro atoms. The largest absolute Gasteiger partial charge is 0.481 e. The lowest BCUT2D eigenvalue weighted by atomic mass is 10.1. The number of allylic oxidation sites excluding steroid dienone is 1. The second-order valence-corrected chi connectivity index (χ2v) is 5.35. The zero-order valence-corrected chi connectivity index (χ0v) is 14.3. The summed E-state index contributed by atoms with van der Waals surface area (Å²) in [6, 6.07) is 0.